The second-order valence-electron chi connectivity index (χ2n) is 6.73. The number of nitrogens with zero attached hydrogens (tertiary/aromatic N) is 3. The van der Waals surface area contributed by atoms with E-state index >= 15 is 0 Å². The minimum Gasteiger partial charge on any atom is -0.508 e. The van der Waals surface area contributed by atoms with Crippen LogP contribution in [0.15, 0.2) is 30.3 Å². The smallest absolute Gasteiger partial charge is 0.327 e. The number of carbonyl (C=O) groups is 1. The SMILES string of the molecule is CCc1cc(-c2nnn(CC(=O)OC)c2-c2ccc3c(c2)OCCO3)c(O)cc1O. The first-order valence-electron chi connectivity index (χ1n) is 9.47. The molecule has 30 heavy (non-hydrogen) atoms. The molecule has 9 heteroatoms. The number of hydrogen-bond acceptors (Lipinski definition) is 8. The third-order valence-corrected chi connectivity index (χ3v) is 4.89. The highest BCUT2D eigenvalue weighted by Crippen LogP contribution is 2.41. The number of esters is 1. The molecule has 0 atom stereocenters. The Morgan fingerprint density at radius 2 is 1.90 bits per heavy atom. The molecule has 0 fully saturated rings. The quantitative estimate of drug-likeness (QED) is 0.616. The molecule has 0 spiro atoms. The fourth-order valence-electron chi connectivity index (χ4n) is 3.36. The Morgan fingerprint density at radius 1 is 1.13 bits per heavy atom. The van der Waals surface area contributed by atoms with E-state index < -0.39 is 5.97 Å². The van der Waals surface area contributed by atoms with Crippen molar-refractivity contribution in [3.05, 3.63) is 35.9 Å². The number of methoxy groups -OCH3 is 1. The molecule has 156 valence electrons. The van der Waals surface area contributed by atoms with Gasteiger partial charge in [-0.1, -0.05) is 12.1 Å². The molecule has 0 aliphatic carbocycles. The normalized spacial score (nSPS) is 12.6. The number of carbonyl (C=O) groups excluding carboxylic acids is 1. The van der Waals surface area contributed by atoms with E-state index in [0.29, 0.717) is 59.2 Å². The Morgan fingerprint density at radius 3 is 2.63 bits per heavy atom. The summed E-state index contributed by atoms with van der Waals surface area (Å²) in [7, 11) is 1.29. The molecule has 0 amide bonds. The highest BCUT2D eigenvalue weighted by Gasteiger charge is 2.24. The van der Waals surface area contributed by atoms with Gasteiger partial charge in [-0.25, -0.2) is 4.68 Å². The van der Waals surface area contributed by atoms with Crippen LogP contribution in [0, 0.1) is 0 Å². The summed E-state index contributed by atoms with van der Waals surface area (Å²) in [6.45, 7) is 2.64. The number of phenolic OH excluding ortho intramolecular Hbond substituents is 2. The van der Waals surface area contributed by atoms with Gasteiger partial charge in [-0.2, -0.15) is 0 Å². The van der Waals surface area contributed by atoms with Gasteiger partial charge in [0.2, 0.25) is 0 Å². The van der Waals surface area contributed by atoms with Crippen LogP contribution in [0.25, 0.3) is 22.5 Å². The Bertz CT molecular complexity index is 1110. The number of fused-ring (bicyclic) bond motifs is 1. The average Bonchev–Trinajstić information content (AvgIpc) is 3.16. The summed E-state index contributed by atoms with van der Waals surface area (Å²) in [5, 5.41) is 28.9. The van der Waals surface area contributed by atoms with E-state index in [9.17, 15) is 15.0 Å². The van der Waals surface area contributed by atoms with Gasteiger partial charge in [-0.05, 0) is 36.2 Å². The van der Waals surface area contributed by atoms with Crippen LogP contribution < -0.4 is 9.47 Å². The third kappa shape index (κ3) is 3.49. The Labute approximate surface area is 172 Å². The van der Waals surface area contributed by atoms with E-state index in [1.807, 2.05) is 13.0 Å². The van der Waals surface area contributed by atoms with E-state index in [1.165, 1.54) is 17.9 Å². The van der Waals surface area contributed by atoms with Gasteiger partial charge in [-0.3, -0.25) is 4.79 Å². The molecule has 0 saturated heterocycles. The van der Waals surface area contributed by atoms with Crippen molar-refractivity contribution < 1.29 is 29.2 Å². The number of aromatic hydroxyl groups is 2. The number of phenols is 2. The van der Waals surface area contributed by atoms with Crippen molar-refractivity contribution in [3.8, 4) is 45.5 Å². The third-order valence-electron chi connectivity index (χ3n) is 4.89. The molecule has 0 saturated carbocycles. The maximum Gasteiger partial charge on any atom is 0.327 e. The van der Waals surface area contributed by atoms with Crippen molar-refractivity contribution in [2.24, 2.45) is 0 Å². The highest BCUT2D eigenvalue weighted by molar-refractivity contribution is 5.83. The molecule has 1 aromatic heterocycles. The second-order valence-corrected chi connectivity index (χ2v) is 6.73. The van der Waals surface area contributed by atoms with Gasteiger partial charge in [-0.15, -0.1) is 5.10 Å². The molecular formula is C21H21N3O6. The number of rotatable bonds is 5. The van der Waals surface area contributed by atoms with Gasteiger partial charge >= 0.3 is 5.97 Å². The summed E-state index contributed by atoms with van der Waals surface area (Å²) in [6.07, 6.45) is 0.564. The van der Waals surface area contributed by atoms with Crippen LogP contribution >= 0.6 is 0 Å². The molecule has 4 rings (SSSR count). The molecule has 2 N–H and O–H groups in total. The molecule has 0 radical (unpaired) electrons. The van der Waals surface area contributed by atoms with Gasteiger partial charge in [0.15, 0.2) is 11.5 Å². The van der Waals surface area contributed by atoms with E-state index in [0.717, 1.165) is 0 Å². The standard InChI is InChI=1S/C21H21N3O6/c1-3-12-8-14(16(26)10-15(12)25)20-21(24(23-22-20)11-19(27)28-2)13-4-5-17-18(9-13)30-7-6-29-17/h4-5,8-10,25-26H,3,6-7,11H2,1-2H3. The fraction of sp³-hybridized carbons (Fsp3) is 0.286. The van der Waals surface area contributed by atoms with Crippen molar-refractivity contribution in [1.29, 1.82) is 0 Å². The zero-order valence-corrected chi connectivity index (χ0v) is 16.6. The summed E-state index contributed by atoms with van der Waals surface area (Å²) >= 11 is 0. The van der Waals surface area contributed by atoms with Gasteiger partial charge in [0.1, 0.15) is 37.0 Å². The maximum absolute atomic E-state index is 11.9. The van der Waals surface area contributed by atoms with Crippen molar-refractivity contribution in [2.75, 3.05) is 20.3 Å². The van der Waals surface area contributed by atoms with E-state index in [4.69, 9.17) is 14.2 Å². The minimum absolute atomic E-state index is 0.00146. The van der Waals surface area contributed by atoms with Crippen LogP contribution in [-0.2, 0) is 22.5 Å². The summed E-state index contributed by atoms with van der Waals surface area (Å²) in [5.74, 6) is 0.559. The Balaban J connectivity index is 1.90. The molecule has 0 bridgehead atoms. The van der Waals surface area contributed by atoms with Crippen LogP contribution in [0.2, 0.25) is 0 Å². The number of hydrogen-bond donors (Lipinski definition) is 2. The van der Waals surface area contributed by atoms with Gasteiger partial charge in [0.05, 0.1) is 12.8 Å². The van der Waals surface area contributed by atoms with Crippen LogP contribution in [-0.4, -0.2) is 51.5 Å². The first kappa shape index (κ1) is 19.6. The largest absolute Gasteiger partial charge is 0.508 e. The lowest BCUT2D eigenvalue weighted by Crippen LogP contribution is -2.16. The fourth-order valence-corrected chi connectivity index (χ4v) is 3.36. The predicted octanol–water partition coefficient (Wildman–Crippen LogP) is 2.53. The maximum atomic E-state index is 11.9. The van der Waals surface area contributed by atoms with Crippen molar-refractivity contribution in [2.45, 2.75) is 19.9 Å². The van der Waals surface area contributed by atoms with Gasteiger partial charge in [0.25, 0.3) is 0 Å². The predicted molar refractivity (Wildman–Crippen MR) is 107 cm³/mol. The van der Waals surface area contributed by atoms with Crippen molar-refractivity contribution in [3.63, 3.8) is 0 Å². The minimum atomic E-state index is -0.491. The zero-order valence-electron chi connectivity index (χ0n) is 16.6. The topological polar surface area (TPSA) is 116 Å². The molecule has 0 unspecified atom stereocenters. The average molecular weight is 411 g/mol. The lowest BCUT2D eigenvalue weighted by atomic mass is 10.00. The highest BCUT2D eigenvalue weighted by atomic mass is 16.6. The van der Waals surface area contributed by atoms with E-state index in [1.54, 1.807) is 18.2 Å². The molecule has 1 aliphatic heterocycles. The first-order chi connectivity index (χ1) is 14.5. The molecular weight excluding hydrogens is 390 g/mol. The van der Waals surface area contributed by atoms with Gasteiger partial charge in [0, 0.05) is 17.2 Å². The van der Waals surface area contributed by atoms with Crippen LogP contribution in [0.3, 0.4) is 0 Å². The first-order valence-corrected chi connectivity index (χ1v) is 9.47. The molecule has 2 aromatic carbocycles. The van der Waals surface area contributed by atoms with Crippen LogP contribution in [0.5, 0.6) is 23.0 Å². The van der Waals surface area contributed by atoms with Crippen molar-refractivity contribution in [1.82, 2.24) is 15.0 Å². The number of ether oxygens (including phenoxy) is 3. The van der Waals surface area contributed by atoms with E-state index in [2.05, 4.69) is 10.3 Å². The van der Waals surface area contributed by atoms with Crippen molar-refractivity contribution >= 4 is 5.97 Å². The Kier molecular flexibility index (Phi) is 5.18. The summed E-state index contributed by atoms with van der Waals surface area (Å²) in [5.41, 5.74) is 2.58. The lowest BCUT2D eigenvalue weighted by molar-refractivity contribution is -0.141. The molecule has 9 nitrogen and oxygen atoms in total. The van der Waals surface area contributed by atoms with E-state index in [-0.39, 0.29) is 18.0 Å². The molecule has 1 aliphatic rings. The van der Waals surface area contributed by atoms with Crippen LogP contribution in [0.4, 0.5) is 0 Å². The summed E-state index contributed by atoms with van der Waals surface area (Å²) in [6, 6.07) is 8.31. The zero-order chi connectivity index (χ0) is 21.3. The molecule has 3 aromatic rings. The molecule has 2 heterocycles. The second kappa shape index (κ2) is 7.94. The Hall–Kier alpha value is -3.75. The number of aryl methyl sites for hydroxylation is 1. The van der Waals surface area contributed by atoms with Crippen LogP contribution in [0.1, 0.15) is 12.5 Å². The lowest BCUT2D eigenvalue weighted by Gasteiger charge is -2.19. The van der Waals surface area contributed by atoms with Gasteiger partial charge < -0.3 is 24.4 Å². The number of aromatic nitrogens is 3. The summed E-state index contributed by atoms with van der Waals surface area (Å²) in [4.78, 5) is 11.9. The monoisotopic (exact) mass is 411 g/mol. The number of benzene rings is 2. The summed E-state index contributed by atoms with van der Waals surface area (Å²) < 4.78 is 17.4.